The molecule has 1 atom stereocenters. The number of nitrogens with zero attached hydrogens (tertiary/aromatic N) is 7. The van der Waals surface area contributed by atoms with Crippen molar-refractivity contribution in [2.45, 2.75) is 25.8 Å². The number of carbonyl (C=O) groups excluding carboxylic acids is 1. The van der Waals surface area contributed by atoms with Crippen molar-refractivity contribution in [3.05, 3.63) is 47.5 Å². The summed E-state index contributed by atoms with van der Waals surface area (Å²) in [7, 11) is 3.54. The molecule has 172 valence electrons. The Morgan fingerprint density at radius 3 is 2.67 bits per heavy atom. The summed E-state index contributed by atoms with van der Waals surface area (Å²) >= 11 is 0. The standard InChI is InChI=1S/C24H29N7O2/c1-16-25-7-6-21(27-16)31-8-4-5-20(31)18-13-17(24(32)29(2)3)14-19-23(18)28-22(15-26-19)30-9-11-33-12-10-30/h6-7,13-15,20H,4-5,8-12H2,1-3H3. The molecule has 0 N–H and O–H groups in total. The van der Waals surface area contributed by atoms with Gasteiger partial charge in [0.2, 0.25) is 0 Å². The van der Waals surface area contributed by atoms with Crippen molar-refractivity contribution in [2.24, 2.45) is 0 Å². The molecule has 4 heterocycles. The Labute approximate surface area is 193 Å². The Bertz CT molecular complexity index is 1180. The van der Waals surface area contributed by atoms with Crippen LogP contribution in [0.1, 0.15) is 40.6 Å². The average Bonchev–Trinajstić information content (AvgIpc) is 3.33. The van der Waals surface area contributed by atoms with Crippen molar-refractivity contribution >= 4 is 28.6 Å². The topological polar surface area (TPSA) is 87.6 Å². The van der Waals surface area contributed by atoms with Crippen LogP contribution in [0.3, 0.4) is 0 Å². The van der Waals surface area contributed by atoms with E-state index in [9.17, 15) is 4.79 Å². The lowest BCUT2D eigenvalue weighted by Gasteiger charge is -2.29. The van der Waals surface area contributed by atoms with E-state index in [0.29, 0.717) is 18.8 Å². The molecule has 5 rings (SSSR count). The minimum absolute atomic E-state index is 0.0420. The molecule has 9 heteroatoms. The molecular weight excluding hydrogens is 418 g/mol. The number of benzene rings is 1. The minimum atomic E-state index is -0.0420. The van der Waals surface area contributed by atoms with Crippen LogP contribution in [0.5, 0.6) is 0 Å². The first-order chi connectivity index (χ1) is 16.0. The number of amides is 1. The van der Waals surface area contributed by atoms with E-state index in [1.807, 2.05) is 31.3 Å². The predicted octanol–water partition coefficient (Wildman–Crippen LogP) is 2.61. The fourth-order valence-electron chi connectivity index (χ4n) is 4.68. The van der Waals surface area contributed by atoms with Crippen molar-refractivity contribution in [3.8, 4) is 0 Å². The third-order valence-electron chi connectivity index (χ3n) is 6.32. The van der Waals surface area contributed by atoms with Gasteiger partial charge in [0.25, 0.3) is 5.91 Å². The molecule has 3 aromatic rings. The van der Waals surface area contributed by atoms with E-state index in [0.717, 1.165) is 66.5 Å². The molecule has 0 spiro atoms. The molecular formula is C24H29N7O2. The maximum atomic E-state index is 12.9. The highest BCUT2D eigenvalue weighted by molar-refractivity contribution is 5.98. The summed E-state index contributed by atoms with van der Waals surface area (Å²) in [5, 5.41) is 0. The summed E-state index contributed by atoms with van der Waals surface area (Å²) in [4.78, 5) is 37.7. The van der Waals surface area contributed by atoms with Gasteiger partial charge in [0.05, 0.1) is 36.5 Å². The summed E-state index contributed by atoms with van der Waals surface area (Å²) in [5.41, 5.74) is 3.23. The van der Waals surface area contributed by atoms with E-state index >= 15 is 0 Å². The van der Waals surface area contributed by atoms with Crippen molar-refractivity contribution < 1.29 is 9.53 Å². The molecule has 2 fully saturated rings. The third kappa shape index (κ3) is 4.20. The van der Waals surface area contributed by atoms with Gasteiger partial charge in [0.1, 0.15) is 17.5 Å². The highest BCUT2D eigenvalue weighted by Crippen LogP contribution is 2.38. The number of hydrogen-bond acceptors (Lipinski definition) is 8. The van der Waals surface area contributed by atoms with Gasteiger partial charge in [-0.3, -0.25) is 9.78 Å². The Kier molecular flexibility index (Phi) is 5.80. The Balaban J connectivity index is 1.64. The summed E-state index contributed by atoms with van der Waals surface area (Å²) in [6, 6.07) is 5.86. The van der Waals surface area contributed by atoms with Gasteiger partial charge in [0.15, 0.2) is 0 Å². The van der Waals surface area contributed by atoms with Crippen molar-refractivity contribution in [3.63, 3.8) is 0 Å². The average molecular weight is 448 g/mol. The van der Waals surface area contributed by atoms with Crippen LogP contribution in [0.2, 0.25) is 0 Å². The number of anilines is 2. The number of rotatable bonds is 4. The molecule has 0 bridgehead atoms. The molecule has 0 aliphatic carbocycles. The number of aryl methyl sites for hydroxylation is 1. The number of ether oxygens (including phenoxy) is 1. The highest BCUT2D eigenvalue weighted by Gasteiger charge is 2.31. The normalized spacial score (nSPS) is 18.7. The predicted molar refractivity (Wildman–Crippen MR) is 127 cm³/mol. The summed E-state index contributed by atoms with van der Waals surface area (Å²) in [6.45, 7) is 5.76. The van der Waals surface area contributed by atoms with Gasteiger partial charge in [0, 0.05) is 51.1 Å². The second kappa shape index (κ2) is 8.90. The van der Waals surface area contributed by atoms with Gasteiger partial charge in [-0.2, -0.15) is 0 Å². The quantitative estimate of drug-likeness (QED) is 0.603. The lowest BCUT2D eigenvalue weighted by molar-refractivity contribution is 0.0827. The first-order valence-electron chi connectivity index (χ1n) is 11.4. The van der Waals surface area contributed by atoms with E-state index in [4.69, 9.17) is 14.7 Å². The van der Waals surface area contributed by atoms with Gasteiger partial charge < -0.3 is 19.4 Å². The van der Waals surface area contributed by atoms with Gasteiger partial charge >= 0.3 is 0 Å². The van der Waals surface area contributed by atoms with Crippen LogP contribution in [0.25, 0.3) is 11.0 Å². The Morgan fingerprint density at radius 1 is 1.09 bits per heavy atom. The first-order valence-corrected chi connectivity index (χ1v) is 11.4. The third-order valence-corrected chi connectivity index (χ3v) is 6.32. The van der Waals surface area contributed by atoms with Crippen molar-refractivity contribution in [2.75, 3.05) is 56.7 Å². The fraction of sp³-hybridized carbons (Fsp3) is 0.458. The van der Waals surface area contributed by atoms with E-state index in [1.165, 1.54) is 0 Å². The fourth-order valence-corrected chi connectivity index (χ4v) is 4.68. The van der Waals surface area contributed by atoms with E-state index in [-0.39, 0.29) is 11.9 Å². The monoisotopic (exact) mass is 447 g/mol. The molecule has 0 radical (unpaired) electrons. The Hall–Kier alpha value is -3.33. The lowest BCUT2D eigenvalue weighted by atomic mass is 9.98. The number of hydrogen-bond donors (Lipinski definition) is 0. The number of aromatic nitrogens is 4. The van der Waals surface area contributed by atoms with E-state index in [1.54, 1.807) is 25.2 Å². The van der Waals surface area contributed by atoms with Gasteiger partial charge in [-0.25, -0.2) is 15.0 Å². The molecule has 9 nitrogen and oxygen atoms in total. The second-order valence-electron chi connectivity index (χ2n) is 8.77. The smallest absolute Gasteiger partial charge is 0.253 e. The lowest BCUT2D eigenvalue weighted by Crippen LogP contribution is -2.36. The van der Waals surface area contributed by atoms with Crippen LogP contribution in [0.4, 0.5) is 11.6 Å². The first kappa shape index (κ1) is 21.5. The zero-order valence-electron chi connectivity index (χ0n) is 19.4. The van der Waals surface area contributed by atoms with E-state index in [2.05, 4.69) is 19.8 Å². The maximum absolute atomic E-state index is 12.9. The number of carbonyl (C=O) groups is 1. The van der Waals surface area contributed by atoms with Crippen LogP contribution in [0, 0.1) is 6.92 Å². The molecule has 33 heavy (non-hydrogen) atoms. The van der Waals surface area contributed by atoms with Crippen LogP contribution < -0.4 is 9.80 Å². The summed E-state index contributed by atoms with van der Waals surface area (Å²) in [6.07, 6.45) is 5.61. The number of fused-ring (bicyclic) bond motifs is 1. The molecule has 2 aromatic heterocycles. The summed E-state index contributed by atoms with van der Waals surface area (Å²) < 4.78 is 5.50. The zero-order chi connectivity index (χ0) is 22.9. The second-order valence-corrected chi connectivity index (χ2v) is 8.77. The van der Waals surface area contributed by atoms with Gasteiger partial charge in [-0.1, -0.05) is 0 Å². The minimum Gasteiger partial charge on any atom is -0.378 e. The van der Waals surface area contributed by atoms with Crippen LogP contribution in [-0.2, 0) is 4.74 Å². The highest BCUT2D eigenvalue weighted by atomic mass is 16.5. The van der Waals surface area contributed by atoms with Crippen LogP contribution in [-0.4, -0.2) is 77.7 Å². The Morgan fingerprint density at radius 2 is 1.91 bits per heavy atom. The van der Waals surface area contributed by atoms with Crippen molar-refractivity contribution in [1.82, 2.24) is 24.8 Å². The molecule has 1 unspecified atom stereocenters. The maximum Gasteiger partial charge on any atom is 0.253 e. The van der Waals surface area contributed by atoms with Gasteiger partial charge in [-0.15, -0.1) is 0 Å². The SMILES string of the molecule is Cc1nccc(N2CCCC2c2cc(C(=O)N(C)C)cc3ncc(N4CCOCC4)nc23)n1. The summed E-state index contributed by atoms with van der Waals surface area (Å²) in [5.74, 6) is 2.45. The molecule has 2 aliphatic rings. The number of morpholine rings is 1. The molecule has 0 saturated carbocycles. The van der Waals surface area contributed by atoms with Crippen molar-refractivity contribution in [1.29, 1.82) is 0 Å². The molecule has 2 aliphatic heterocycles. The zero-order valence-corrected chi connectivity index (χ0v) is 19.4. The molecule has 1 amide bonds. The molecule has 2 saturated heterocycles. The van der Waals surface area contributed by atoms with Crippen LogP contribution in [0.15, 0.2) is 30.6 Å². The molecule has 1 aromatic carbocycles. The van der Waals surface area contributed by atoms with Gasteiger partial charge in [-0.05, 0) is 38.0 Å². The van der Waals surface area contributed by atoms with E-state index < -0.39 is 0 Å². The largest absolute Gasteiger partial charge is 0.378 e. The van der Waals surface area contributed by atoms with Crippen LogP contribution >= 0.6 is 0 Å².